The number of nitrogens with zero attached hydrogens (tertiary/aromatic N) is 3. The minimum atomic E-state index is -0.217. The minimum absolute atomic E-state index is 0.217. The first-order valence-electron chi connectivity index (χ1n) is 8.15. The van der Waals surface area contributed by atoms with E-state index < -0.39 is 0 Å². The zero-order valence-corrected chi connectivity index (χ0v) is 18.2. The van der Waals surface area contributed by atoms with Gasteiger partial charge in [0, 0.05) is 20.9 Å². The molecule has 140 valence electrons. The predicted octanol–water partition coefficient (Wildman–Crippen LogP) is 4.38. The Hall–Kier alpha value is -2.19. The highest BCUT2D eigenvalue weighted by molar-refractivity contribution is 9.10. The molecule has 0 aliphatic carbocycles. The molecule has 0 unspecified atom stereocenters. The maximum atomic E-state index is 12.9. The van der Waals surface area contributed by atoms with Crippen LogP contribution in [0.1, 0.15) is 18.3 Å². The zero-order valence-electron chi connectivity index (χ0n) is 15.0. The van der Waals surface area contributed by atoms with Gasteiger partial charge in [-0.2, -0.15) is 9.78 Å². The van der Waals surface area contributed by atoms with Crippen molar-refractivity contribution in [2.75, 3.05) is 14.2 Å². The summed E-state index contributed by atoms with van der Waals surface area (Å²) in [5, 5.41) is 4.90. The van der Waals surface area contributed by atoms with Crippen LogP contribution in [-0.2, 0) is 6.42 Å². The molecule has 0 atom stereocenters. The Morgan fingerprint density at radius 1 is 1.15 bits per heavy atom. The maximum absolute atomic E-state index is 12.9. The molecule has 0 aliphatic rings. The average Bonchev–Trinajstić information content (AvgIpc) is 2.68. The summed E-state index contributed by atoms with van der Waals surface area (Å²) in [6.45, 7) is 1.94. The first-order valence-corrected chi connectivity index (χ1v) is 9.74. The molecule has 8 heteroatoms. The van der Waals surface area contributed by atoms with Gasteiger partial charge in [0.25, 0.3) is 5.56 Å². The Labute approximate surface area is 173 Å². The number of hydrogen-bond donors (Lipinski definition) is 0. The van der Waals surface area contributed by atoms with Crippen LogP contribution in [0, 0.1) is 0 Å². The monoisotopic (exact) mass is 493 g/mol. The number of fused-ring (bicyclic) bond motifs is 1. The maximum Gasteiger partial charge on any atom is 0.282 e. The molecule has 0 amide bonds. The highest BCUT2D eigenvalue weighted by atomic mass is 79.9. The van der Waals surface area contributed by atoms with Gasteiger partial charge in [-0.25, -0.2) is 4.98 Å². The molecule has 0 aliphatic heterocycles. The molecule has 0 N–H and O–H groups in total. The van der Waals surface area contributed by atoms with Crippen molar-refractivity contribution in [2.45, 2.75) is 13.3 Å². The van der Waals surface area contributed by atoms with Crippen LogP contribution in [0.15, 0.2) is 49.2 Å². The lowest BCUT2D eigenvalue weighted by atomic mass is 10.2. The molecule has 6 nitrogen and oxygen atoms in total. The van der Waals surface area contributed by atoms with Crippen molar-refractivity contribution < 1.29 is 9.47 Å². The summed E-state index contributed by atoms with van der Waals surface area (Å²) in [5.74, 6) is 1.76. The van der Waals surface area contributed by atoms with E-state index in [1.54, 1.807) is 38.6 Å². The Kier molecular flexibility index (Phi) is 5.96. The normalized spacial score (nSPS) is 11.3. The van der Waals surface area contributed by atoms with Crippen molar-refractivity contribution in [2.24, 2.45) is 5.10 Å². The van der Waals surface area contributed by atoms with Crippen LogP contribution < -0.4 is 15.0 Å². The van der Waals surface area contributed by atoms with Crippen molar-refractivity contribution in [1.82, 2.24) is 9.66 Å². The van der Waals surface area contributed by atoms with E-state index in [0.29, 0.717) is 34.6 Å². The van der Waals surface area contributed by atoms with Crippen molar-refractivity contribution in [3.05, 3.63) is 61.0 Å². The summed E-state index contributed by atoms with van der Waals surface area (Å²) >= 11 is 6.89. The Bertz CT molecular complexity index is 1090. The summed E-state index contributed by atoms with van der Waals surface area (Å²) in [4.78, 5) is 17.5. The van der Waals surface area contributed by atoms with Gasteiger partial charge in [0.15, 0.2) is 11.5 Å². The highest BCUT2D eigenvalue weighted by Gasteiger charge is 2.11. The van der Waals surface area contributed by atoms with Crippen LogP contribution in [0.5, 0.6) is 11.5 Å². The minimum Gasteiger partial charge on any atom is -0.493 e. The van der Waals surface area contributed by atoms with E-state index in [2.05, 4.69) is 41.9 Å². The number of aromatic nitrogens is 2. The lowest BCUT2D eigenvalue weighted by Crippen LogP contribution is -2.22. The summed E-state index contributed by atoms with van der Waals surface area (Å²) in [6, 6.07) is 9.01. The van der Waals surface area contributed by atoms with E-state index >= 15 is 0 Å². The quantitative estimate of drug-likeness (QED) is 0.493. The van der Waals surface area contributed by atoms with Crippen LogP contribution in [0.3, 0.4) is 0 Å². The summed E-state index contributed by atoms with van der Waals surface area (Å²) < 4.78 is 13.5. The van der Waals surface area contributed by atoms with E-state index in [1.807, 2.05) is 19.1 Å². The van der Waals surface area contributed by atoms with Crippen LogP contribution in [-0.4, -0.2) is 30.1 Å². The van der Waals surface area contributed by atoms with Gasteiger partial charge in [0.05, 0.1) is 31.3 Å². The number of methoxy groups -OCH3 is 2. The number of aryl methyl sites for hydroxylation is 1. The second-order valence-electron chi connectivity index (χ2n) is 5.63. The van der Waals surface area contributed by atoms with Gasteiger partial charge >= 0.3 is 0 Å². The summed E-state index contributed by atoms with van der Waals surface area (Å²) in [7, 11) is 3.14. The molecule has 2 aromatic carbocycles. The molecule has 1 aromatic heterocycles. The van der Waals surface area contributed by atoms with E-state index in [1.165, 1.54) is 4.68 Å². The van der Waals surface area contributed by atoms with Gasteiger partial charge in [-0.1, -0.05) is 22.9 Å². The first kappa shape index (κ1) is 19.6. The largest absolute Gasteiger partial charge is 0.493 e. The third kappa shape index (κ3) is 3.91. The molecule has 0 saturated carbocycles. The van der Waals surface area contributed by atoms with Gasteiger partial charge in [-0.15, -0.1) is 0 Å². The van der Waals surface area contributed by atoms with E-state index in [-0.39, 0.29) is 5.56 Å². The van der Waals surface area contributed by atoms with Gasteiger partial charge in [0.1, 0.15) is 5.82 Å². The van der Waals surface area contributed by atoms with Gasteiger partial charge in [0.2, 0.25) is 0 Å². The van der Waals surface area contributed by atoms with Gasteiger partial charge in [-0.05, 0) is 46.3 Å². The van der Waals surface area contributed by atoms with Crippen molar-refractivity contribution in [3.8, 4) is 11.5 Å². The van der Waals surface area contributed by atoms with E-state index in [9.17, 15) is 4.79 Å². The van der Waals surface area contributed by atoms with Crippen LogP contribution in [0.4, 0.5) is 0 Å². The van der Waals surface area contributed by atoms with Crippen LogP contribution in [0.25, 0.3) is 10.9 Å². The van der Waals surface area contributed by atoms with Gasteiger partial charge in [-0.3, -0.25) is 4.79 Å². The second-order valence-corrected chi connectivity index (χ2v) is 7.40. The summed E-state index contributed by atoms with van der Waals surface area (Å²) in [5.41, 5.74) is 1.18. The molecule has 3 aromatic rings. The summed E-state index contributed by atoms with van der Waals surface area (Å²) in [6.07, 6.45) is 2.17. The van der Waals surface area contributed by atoms with Crippen molar-refractivity contribution in [1.29, 1.82) is 0 Å². The smallest absolute Gasteiger partial charge is 0.282 e. The number of halogens is 2. The molecule has 0 radical (unpaired) electrons. The molecule has 27 heavy (non-hydrogen) atoms. The fourth-order valence-corrected chi connectivity index (χ4v) is 3.42. The lowest BCUT2D eigenvalue weighted by Gasteiger charge is -2.10. The Morgan fingerprint density at radius 3 is 2.52 bits per heavy atom. The molecular formula is C19H17Br2N3O3. The number of ether oxygens (including phenoxy) is 2. The van der Waals surface area contributed by atoms with E-state index in [0.717, 1.165) is 14.5 Å². The molecule has 1 heterocycles. The Balaban J connectivity index is 2.14. The standard InChI is InChI=1S/C19H17Br2N3O3/c1-4-18-23-15-6-5-12(20)8-13(15)19(25)24(18)22-10-11-7-16(26-2)17(27-3)9-14(11)21/h5-10H,4H2,1-3H3. The van der Waals surface area contributed by atoms with Crippen molar-refractivity contribution >= 4 is 49.0 Å². The number of hydrogen-bond acceptors (Lipinski definition) is 5. The lowest BCUT2D eigenvalue weighted by molar-refractivity contribution is 0.354. The molecule has 3 rings (SSSR count). The van der Waals surface area contributed by atoms with Crippen LogP contribution in [0.2, 0.25) is 0 Å². The third-order valence-electron chi connectivity index (χ3n) is 4.01. The second kappa shape index (κ2) is 8.22. The average molecular weight is 495 g/mol. The fourth-order valence-electron chi connectivity index (χ4n) is 2.63. The highest BCUT2D eigenvalue weighted by Crippen LogP contribution is 2.32. The molecular weight excluding hydrogens is 478 g/mol. The third-order valence-corrected chi connectivity index (χ3v) is 5.19. The number of rotatable bonds is 5. The molecule has 0 bridgehead atoms. The Morgan fingerprint density at radius 2 is 1.85 bits per heavy atom. The molecule has 0 spiro atoms. The van der Waals surface area contributed by atoms with Gasteiger partial charge < -0.3 is 9.47 Å². The number of benzene rings is 2. The molecule has 0 saturated heterocycles. The SMILES string of the molecule is CCc1nc2ccc(Br)cc2c(=O)n1N=Cc1cc(OC)c(OC)cc1Br. The predicted molar refractivity (Wildman–Crippen MR) is 113 cm³/mol. The van der Waals surface area contributed by atoms with E-state index in [4.69, 9.17) is 9.47 Å². The first-order chi connectivity index (χ1) is 13.0. The van der Waals surface area contributed by atoms with Crippen LogP contribution >= 0.6 is 31.9 Å². The van der Waals surface area contributed by atoms with Crippen molar-refractivity contribution in [3.63, 3.8) is 0 Å². The zero-order chi connectivity index (χ0) is 19.6. The fraction of sp³-hybridized carbons (Fsp3) is 0.211. The topological polar surface area (TPSA) is 65.7 Å². The molecule has 0 fully saturated rings.